The Bertz CT molecular complexity index is 370. The van der Waals surface area contributed by atoms with Gasteiger partial charge in [0.15, 0.2) is 10.3 Å². The van der Waals surface area contributed by atoms with Crippen molar-refractivity contribution in [3.63, 3.8) is 0 Å². The Kier molecular flexibility index (Phi) is 2.77. The molecule has 2 rings (SSSR count). The number of aryl methyl sites for hydroxylation is 1. The van der Waals surface area contributed by atoms with E-state index >= 15 is 0 Å². The highest BCUT2D eigenvalue weighted by Gasteiger charge is 2.37. The fourth-order valence-corrected chi connectivity index (χ4v) is 2.19. The van der Waals surface area contributed by atoms with Crippen LogP contribution in [-0.2, 0) is 7.05 Å². The lowest BCUT2D eigenvalue weighted by Crippen LogP contribution is -2.29. The normalized spacial score (nSPS) is 23.9. The average Bonchev–Trinajstić information content (AvgIpc) is 2.85. The fourth-order valence-electron chi connectivity index (χ4n) is 1.68. The molecule has 2 unspecified atom stereocenters. The van der Waals surface area contributed by atoms with Crippen molar-refractivity contribution in [3.05, 3.63) is 10.3 Å². The van der Waals surface area contributed by atoms with Crippen molar-refractivity contribution in [2.24, 2.45) is 13.0 Å². The van der Waals surface area contributed by atoms with Gasteiger partial charge in [0.1, 0.15) is 0 Å². The summed E-state index contributed by atoms with van der Waals surface area (Å²) in [4.78, 5) is 11.8. The van der Waals surface area contributed by atoms with Gasteiger partial charge in [-0.05, 0) is 28.3 Å². The lowest BCUT2D eigenvalue weighted by Gasteiger charge is -2.03. The molecule has 0 radical (unpaired) electrons. The first-order valence-electron chi connectivity index (χ1n) is 4.99. The molecule has 1 heterocycles. The standard InChI is InChI=1S/C9H13BrN4O/c1-3-5-4-6(5)11-9(15)7-8(10)12-13-14(7)2/h5-6H,3-4H2,1-2H3,(H,11,15). The maximum Gasteiger partial charge on any atom is 0.272 e. The van der Waals surface area contributed by atoms with Crippen LogP contribution in [0.3, 0.4) is 0 Å². The first kappa shape index (κ1) is 10.6. The maximum atomic E-state index is 11.8. The van der Waals surface area contributed by atoms with Crippen molar-refractivity contribution >= 4 is 21.8 Å². The van der Waals surface area contributed by atoms with Crippen LogP contribution in [0.15, 0.2) is 4.60 Å². The molecule has 5 nitrogen and oxygen atoms in total. The molecule has 15 heavy (non-hydrogen) atoms. The van der Waals surface area contributed by atoms with Gasteiger partial charge in [-0.25, -0.2) is 4.68 Å². The van der Waals surface area contributed by atoms with Crippen molar-refractivity contribution in [1.82, 2.24) is 20.3 Å². The SMILES string of the molecule is CCC1CC1NC(=O)c1c(Br)nnn1C. The minimum absolute atomic E-state index is 0.102. The second-order valence-corrected chi connectivity index (χ2v) is 4.59. The van der Waals surface area contributed by atoms with E-state index < -0.39 is 0 Å². The van der Waals surface area contributed by atoms with E-state index in [0.29, 0.717) is 22.3 Å². The molecule has 0 bridgehead atoms. The third-order valence-corrected chi connectivity index (χ3v) is 3.30. The van der Waals surface area contributed by atoms with Crippen molar-refractivity contribution in [3.8, 4) is 0 Å². The van der Waals surface area contributed by atoms with Gasteiger partial charge < -0.3 is 5.32 Å². The van der Waals surface area contributed by atoms with Crippen LogP contribution < -0.4 is 5.32 Å². The van der Waals surface area contributed by atoms with Crippen molar-refractivity contribution in [2.75, 3.05) is 0 Å². The van der Waals surface area contributed by atoms with Crippen molar-refractivity contribution < 1.29 is 4.79 Å². The number of halogens is 1. The number of aromatic nitrogens is 3. The third kappa shape index (κ3) is 2.04. The molecule has 2 atom stereocenters. The first-order chi connectivity index (χ1) is 7.13. The van der Waals surface area contributed by atoms with Gasteiger partial charge in [-0.1, -0.05) is 18.6 Å². The number of nitrogens with one attached hydrogen (secondary N) is 1. The van der Waals surface area contributed by atoms with E-state index in [1.165, 1.54) is 4.68 Å². The molecule has 0 saturated heterocycles. The summed E-state index contributed by atoms with van der Waals surface area (Å²) in [5.41, 5.74) is 0.483. The lowest BCUT2D eigenvalue weighted by molar-refractivity contribution is 0.0938. The second kappa shape index (κ2) is 3.92. The smallest absolute Gasteiger partial charge is 0.272 e. The van der Waals surface area contributed by atoms with E-state index in [1.54, 1.807) is 7.05 Å². The van der Waals surface area contributed by atoms with Crippen LogP contribution in [0.1, 0.15) is 30.3 Å². The van der Waals surface area contributed by atoms with Gasteiger partial charge in [-0.3, -0.25) is 4.79 Å². The van der Waals surface area contributed by atoms with Crippen LogP contribution in [0.2, 0.25) is 0 Å². The Morgan fingerprint density at radius 1 is 1.73 bits per heavy atom. The summed E-state index contributed by atoms with van der Waals surface area (Å²) in [5, 5.41) is 10.5. The van der Waals surface area contributed by atoms with Crippen LogP contribution in [0.5, 0.6) is 0 Å². The minimum Gasteiger partial charge on any atom is -0.348 e. The minimum atomic E-state index is -0.102. The predicted molar refractivity (Wildman–Crippen MR) is 58.4 cm³/mol. The Labute approximate surface area is 96.4 Å². The number of carbonyl (C=O) groups is 1. The van der Waals surface area contributed by atoms with Crippen molar-refractivity contribution in [2.45, 2.75) is 25.8 Å². The van der Waals surface area contributed by atoms with Crippen LogP contribution >= 0.6 is 15.9 Å². The zero-order valence-electron chi connectivity index (χ0n) is 8.70. The molecule has 1 N–H and O–H groups in total. The number of rotatable bonds is 3. The molecule has 1 aliphatic rings. The largest absolute Gasteiger partial charge is 0.348 e. The van der Waals surface area contributed by atoms with Crippen LogP contribution in [0.25, 0.3) is 0 Å². The quantitative estimate of drug-likeness (QED) is 0.897. The molecular weight excluding hydrogens is 260 g/mol. The Morgan fingerprint density at radius 2 is 2.47 bits per heavy atom. The third-order valence-electron chi connectivity index (χ3n) is 2.76. The molecule has 1 saturated carbocycles. The first-order valence-corrected chi connectivity index (χ1v) is 5.78. The average molecular weight is 273 g/mol. The molecule has 1 aromatic rings. The highest BCUT2D eigenvalue weighted by Crippen LogP contribution is 2.33. The molecule has 1 fully saturated rings. The number of hydrogen-bond acceptors (Lipinski definition) is 3. The van der Waals surface area contributed by atoms with Gasteiger partial charge in [0.2, 0.25) is 0 Å². The zero-order valence-corrected chi connectivity index (χ0v) is 10.3. The lowest BCUT2D eigenvalue weighted by atomic mass is 10.3. The molecule has 0 aromatic carbocycles. The van der Waals surface area contributed by atoms with Gasteiger partial charge in [-0.2, -0.15) is 0 Å². The molecule has 1 aliphatic carbocycles. The van der Waals surface area contributed by atoms with Gasteiger partial charge in [0.25, 0.3) is 5.91 Å². The highest BCUT2D eigenvalue weighted by molar-refractivity contribution is 9.10. The van der Waals surface area contributed by atoms with E-state index in [9.17, 15) is 4.79 Å². The predicted octanol–water partition coefficient (Wildman–Crippen LogP) is 1.11. The summed E-state index contributed by atoms with van der Waals surface area (Å²) < 4.78 is 1.97. The van der Waals surface area contributed by atoms with Gasteiger partial charge in [0.05, 0.1) is 0 Å². The van der Waals surface area contributed by atoms with Crippen molar-refractivity contribution in [1.29, 1.82) is 0 Å². The molecule has 82 valence electrons. The molecule has 1 amide bonds. The van der Waals surface area contributed by atoms with E-state index in [0.717, 1.165) is 12.8 Å². The highest BCUT2D eigenvalue weighted by atomic mass is 79.9. The molecule has 6 heteroatoms. The molecule has 0 spiro atoms. The van der Waals surface area contributed by atoms with Crippen LogP contribution in [-0.4, -0.2) is 26.9 Å². The monoisotopic (exact) mass is 272 g/mol. The topological polar surface area (TPSA) is 59.8 Å². The summed E-state index contributed by atoms with van der Waals surface area (Å²) >= 11 is 3.20. The van der Waals surface area contributed by atoms with E-state index in [1.807, 2.05) is 0 Å². The summed E-state index contributed by atoms with van der Waals surface area (Å²) in [6.07, 6.45) is 2.21. The summed E-state index contributed by atoms with van der Waals surface area (Å²) in [5.74, 6) is 0.546. The Hall–Kier alpha value is -0.910. The number of amides is 1. The van der Waals surface area contributed by atoms with E-state index in [-0.39, 0.29) is 5.91 Å². The summed E-state index contributed by atoms with van der Waals surface area (Å²) in [7, 11) is 1.71. The van der Waals surface area contributed by atoms with Gasteiger partial charge >= 0.3 is 0 Å². The number of nitrogens with zero attached hydrogens (tertiary/aromatic N) is 3. The number of hydrogen-bond donors (Lipinski definition) is 1. The summed E-state index contributed by atoms with van der Waals surface area (Å²) in [6.45, 7) is 2.14. The summed E-state index contributed by atoms with van der Waals surface area (Å²) in [6, 6.07) is 0.337. The number of carbonyl (C=O) groups excluding carboxylic acids is 1. The maximum absolute atomic E-state index is 11.8. The zero-order chi connectivity index (χ0) is 11.0. The van der Waals surface area contributed by atoms with Crippen LogP contribution in [0, 0.1) is 5.92 Å². The van der Waals surface area contributed by atoms with E-state index in [2.05, 4.69) is 38.5 Å². The van der Waals surface area contributed by atoms with Crippen LogP contribution in [0.4, 0.5) is 0 Å². The second-order valence-electron chi connectivity index (χ2n) is 3.84. The fraction of sp³-hybridized carbons (Fsp3) is 0.667. The Morgan fingerprint density at radius 3 is 2.93 bits per heavy atom. The Balaban J connectivity index is 2.03. The van der Waals surface area contributed by atoms with Gasteiger partial charge in [-0.15, -0.1) is 5.10 Å². The van der Waals surface area contributed by atoms with E-state index in [4.69, 9.17) is 0 Å². The molecule has 1 aromatic heterocycles. The van der Waals surface area contributed by atoms with Gasteiger partial charge in [0, 0.05) is 13.1 Å². The molecule has 0 aliphatic heterocycles. The molecular formula is C9H13BrN4O.